The lowest BCUT2D eigenvalue weighted by Crippen LogP contribution is -2.06. The number of aromatic nitrogens is 3. The van der Waals surface area contributed by atoms with Gasteiger partial charge >= 0.3 is 0 Å². The van der Waals surface area contributed by atoms with E-state index in [0.29, 0.717) is 28.2 Å². The van der Waals surface area contributed by atoms with E-state index in [9.17, 15) is 14.9 Å². The van der Waals surface area contributed by atoms with Crippen molar-refractivity contribution in [2.24, 2.45) is 0 Å². The van der Waals surface area contributed by atoms with Crippen LogP contribution in [0.15, 0.2) is 82.8 Å². The third-order valence-corrected chi connectivity index (χ3v) is 6.34. The number of benzene rings is 3. The van der Waals surface area contributed by atoms with Crippen molar-refractivity contribution in [2.45, 2.75) is 29.9 Å². The van der Waals surface area contributed by atoms with Crippen LogP contribution < -0.4 is 4.74 Å². The molecule has 0 N–H and O–H groups in total. The highest BCUT2D eigenvalue weighted by Gasteiger charge is 2.22. The van der Waals surface area contributed by atoms with Gasteiger partial charge in [-0.2, -0.15) is 0 Å². The second-order valence-electron chi connectivity index (χ2n) is 7.49. The molecule has 0 unspecified atom stereocenters. The minimum absolute atomic E-state index is 0.144. The summed E-state index contributed by atoms with van der Waals surface area (Å²) in [6.07, 6.45) is 0.722. The normalized spacial score (nSPS) is 10.8. The number of carbonyl (C=O) groups is 1. The minimum atomic E-state index is -0.486. The maximum Gasteiger partial charge on any atom is 0.284 e. The van der Waals surface area contributed by atoms with Gasteiger partial charge in [0, 0.05) is 18.2 Å². The third kappa shape index (κ3) is 4.99. The average Bonchev–Trinajstić information content (AvgIpc) is 3.25. The molecule has 4 rings (SSSR count). The van der Waals surface area contributed by atoms with Crippen molar-refractivity contribution in [3.05, 3.63) is 94.0 Å². The van der Waals surface area contributed by atoms with Crippen molar-refractivity contribution in [2.75, 3.05) is 7.11 Å². The maximum absolute atomic E-state index is 11.7. The Balaban J connectivity index is 1.76. The van der Waals surface area contributed by atoms with Gasteiger partial charge in [-0.1, -0.05) is 42.5 Å². The molecule has 4 aromatic rings. The Morgan fingerprint density at radius 3 is 2.50 bits per heavy atom. The standard InChI is InChI=1S/C25H22N4O4S/c1-17(30)19-12-13-23(21(16-19)29(31)32)34-25-27-26-24(20-10-6-7-11-22(20)33-2)28(25)15-14-18-8-4-3-5-9-18/h3-13,16H,14-15H2,1-2H3. The Morgan fingerprint density at radius 2 is 1.79 bits per heavy atom. The summed E-state index contributed by atoms with van der Waals surface area (Å²) < 4.78 is 7.46. The van der Waals surface area contributed by atoms with Crippen molar-refractivity contribution in [3.8, 4) is 17.1 Å². The number of hydrogen-bond acceptors (Lipinski definition) is 7. The summed E-state index contributed by atoms with van der Waals surface area (Å²) in [6.45, 7) is 1.94. The Labute approximate surface area is 200 Å². The van der Waals surface area contributed by atoms with E-state index < -0.39 is 4.92 Å². The Morgan fingerprint density at radius 1 is 1.06 bits per heavy atom. The number of carbonyl (C=O) groups excluding carboxylic acids is 1. The largest absolute Gasteiger partial charge is 0.496 e. The first-order valence-electron chi connectivity index (χ1n) is 10.6. The number of aryl methyl sites for hydroxylation is 1. The molecule has 0 saturated heterocycles. The van der Waals surface area contributed by atoms with E-state index in [4.69, 9.17) is 4.74 Å². The van der Waals surface area contributed by atoms with Crippen LogP contribution in [0.2, 0.25) is 0 Å². The van der Waals surface area contributed by atoms with Gasteiger partial charge in [-0.3, -0.25) is 14.9 Å². The van der Waals surface area contributed by atoms with E-state index in [2.05, 4.69) is 10.2 Å². The zero-order chi connectivity index (χ0) is 24.1. The summed E-state index contributed by atoms with van der Waals surface area (Å²) in [5.74, 6) is 1.03. The van der Waals surface area contributed by atoms with Crippen LogP contribution in [-0.2, 0) is 13.0 Å². The lowest BCUT2D eigenvalue weighted by atomic mass is 10.1. The fourth-order valence-electron chi connectivity index (χ4n) is 3.54. The fourth-order valence-corrected chi connectivity index (χ4v) is 4.48. The summed E-state index contributed by atoms with van der Waals surface area (Å²) >= 11 is 1.15. The smallest absolute Gasteiger partial charge is 0.284 e. The zero-order valence-corrected chi connectivity index (χ0v) is 19.5. The molecule has 0 aliphatic rings. The van der Waals surface area contributed by atoms with Gasteiger partial charge in [-0.05, 0) is 54.9 Å². The van der Waals surface area contributed by atoms with Crippen LogP contribution >= 0.6 is 11.8 Å². The molecule has 0 fully saturated rings. The fraction of sp³-hybridized carbons (Fsp3) is 0.160. The number of hydrogen-bond donors (Lipinski definition) is 0. The van der Waals surface area contributed by atoms with Crippen molar-refractivity contribution >= 4 is 23.2 Å². The molecule has 8 nitrogen and oxygen atoms in total. The summed E-state index contributed by atoms with van der Waals surface area (Å²) in [4.78, 5) is 23.3. The van der Waals surface area contributed by atoms with Crippen LogP contribution in [0.4, 0.5) is 5.69 Å². The third-order valence-electron chi connectivity index (χ3n) is 5.30. The van der Waals surface area contributed by atoms with Crippen molar-refractivity contribution in [1.82, 2.24) is 14.8 Å². The van der Waals surface area contributed by atoms with Crippen LogP contribution in [-0.4, -0.2) is 32.6 Å². The van der Waals surface area contributed by atoms with Crippen LogP contribution in [0.25, 0.3) is 11.4 Å². The van der Waals surface area contributed by atoms with Crippen LogP contribution in [0.1, 0.15) is 22.8 Å². The molecule has 1 aromatic heterocycles. The van der Waals surface area contributed by atoms with Gasteiger partial charge in [-0.25, -0.2) is 0 Å². The number of para-hydroxylation sites is 1. The summed E-state index contributed by atoms with van der Waals surface area (Å²) in [5.41, 5.74) is 2.07. The first kappa shape index (κ1) is 23.2. The van der Waals surface area contributed by atoms with Crippen LogP contribution in [0.5, 0.6) is 5.75 Å². The van der Waals surface area contributed by atoms with Gasteiger partial charge in [0.15, 0.2) is 16.8 Å². The topological polar surface area (TPSA) is 100 Å². The highest BCUT2D eigenvalue weighted by molar-refractivity contribution is 7.99. The number of nitrogens with zero attached hydrogens (tertiary/aromatic N) is 4. The van der Waals surface area contributed by atoms with E-state index in [-0.39, 0.29) is 17.0 Å². The second-order valence-corrected chi connectivity index (χ2v) is 8.50. The zero-order valence-electron chi connectivity index (χ0n) is 18.7. The van der Waals surface area contributed by atoms with E-state index in [1.54, 1.807) is 19.2 Å². The molecule has 0 saturated carbocycles. The van der Waals surface area contributed by atoms with Gasteiger partial charge in [0.25, 0.3) is 5.69 Å². The maximum atomic E-state index is 11.7. The molecular weight excluding hydrogens is 452 g/mol. The lowest BCUT2D eigenvalue weighted by Gasteiger charge is -2.12. The molecule has 0 aliphatic carbocycles. The summed E-state index contributed by atoms with van der Waals surface area (Å²) in [7, 11) is 1.60. The van der Waals surface area contributed by atoms with Crippen molar-refractivity contribution in [3.63, 3.8) is 0 Å². The minimum Gasteiger partial charge on any atom is -0.496 e. The molecule has 34 heavy (non-hydrogen) atoms. The number of nitro benzene ring substituents is 1. The Kier molecular flexibility index (Phi) is 7.03. The molecule has 0 spiro atoms. The molecule has 3 aromatic carbocycles. The van der Waals surface area contributed by atoms with E-state index in [0.717, 1.165) is 29.3 Å². The number of ether oxygens (including phenoxy) is 1. The van der Waals surface area contributed by atoms with Gasteiger partial charge in [-0.15, -0.1) is 10.2 Å². The van der Waals surface area contributed by atoms with Crippen LogP contribution in [0.3, 0.4) is 0 Å². The highest BCUT2D eigenvalue weighted by Crippen LogP contribution is 2.37. The number of rotatable bonds is 9. The van der Waals surface area contributed by atoms with Gasteiger partial charge in [0.1, 0.15) is 5.75 Å². The van der Waals surface area contributed by atoms with Gasteiger partial charge < -0.3 is 9.30 Å². The van der Waals surface area contributed by atoms with E-state index >= 15 is 0 Å². The molecule has 0 amide bonds. The highest BCUT2D eigenvalue weighted by atomic mass is 32.2. The molecule has 1 heterocycles. The molecule has 0 bridgehead atoms. The molecule has 0 radical (unpaired) electrons. The molecular formula is C25H22N4O4S. The predicted octanol–water partition coefficient (Wildman–Crippen LogP) is 5.46. The SMILES string of the molecule is COc1ccccc1-c1nnc(Sc2ccc(C(C)=O)cc2[N+](=O)[O-])n1CCc1ccccc1. The number of ketones is 1. The van der Waals surface area contributed by atoms with Crippen molar-refractivity contribution in [1.29, 1.82) is 0 Å². The molecule has 0 atom stereocenters. The summed E-state index contributed by atoms with van der Waals surface area (Å²) in [6, 6.07) is 22.0. The molecule has 0 aliphatic heterocycles. The predicted molar refractivity (Wildman–Crippen MR) is 129 cm³/mol. The van der Waals surface area contributed by atoms with Crippen molar-refractivity contribution < 1.29 is 14.5 Å². The summed E-state index contributed by atoms with van der Waals surface area (Å²) in [5, 5.41) is 21.0. The average molecular weight is 475 g/mol. The number of methoxy groups -OCH3 is 1. The second kappa shape index (κ2) is 10.3. The lowest BCUT2D eigenvalue weighted by molar-refractivity contribution is -0.387. The first-order valence-corrected chi connectivity index (χ1v) is 11.4. The number of Topliss-reactive ketones (excluding diaryl/α,β-unsaturated/α-hetero) is 1. The van der Waals surface area contributed by atoms with Gasteiger partial charge in [0.05, 0.1) is 22.5 Å². The number of nitro groups is 1. The molecule has 9 heteroatoms. The van der Waals surface area contributed by atoms with Gasteiger partial charge in [0.2, 0.25) is 0 Å². The monoisotopic (exact) mass is 474 g/mol. The van der Waals surface area contributed by atoms with E-state index in [1.807, 2.05) is 59.2 Å². The quantitative estimate of drug-likeness (QED) is 0.180. The Bertz CT molecular complexity index is 1340. The Hall–Kier alpha value is -3.98. The first-order chi connectivity index (χ1) is 16.5. The van der Waals surface area contributed by atoms with Crippen LogP contribution in [0, 0.1) is 10.1 Å². The van der Waals surface area contributed by atoms with E-state index in [1.165, 1.54) is 13.0 Å². The molecule has 172 valence electrons.